The number of nitrogen functional groups attached to an aromatic ring is 1. The lowest BCUT2D eigenvalue weighted by Gasteiger charge is -2.13. The molecular formula is C15H10F3N3O. The van der Waals surface area contributed by atoms with Gasteiger partial charge in [0, 0.05) is 0 Å². The lowest BCUT2D eigenvalue weighted by molar-refractivity contribution is -0.137. The largest absolute Gasteiger partial charge is 0.417 e. The van der Waals surface area contributed by atoms with Crippen molar-refractivity contribution in [3.8, 4) is 6.07 Å². The molecule has 4 nitrogen and oxygen atoms in total. The van der Waals surface area contributed by atoms with Crippen LogP contribution in [0.5, 0.6) is 0 Å². The van der Waals surface area contributed by atoms with E-state index in [1.165, 1.54) is 30.3 Å². The van der Waals surface area contributed by atoms with Crippen LogP contribution in [-0.2, 0) is 6.18 Å². The second-order valence-electron chi connectivity index (χ2n) is 4.41. The van der Waals surface area contributed by atoms with Crippen molar-refractivity contribution in [3.63, 3.8) is 0 Å². The molecule has 0 aliphatic rings. The third-order valence-electron chi connectivity index (χ3n) is 2.91. The molecule has 112 valence electrons. The van der Waals surface area contributed by atoms with Gasteiger partial charge in [0.25, 0.3) is 5.91 Å². The number of halogens is 3. The Morgan fingerprint density at radius 3 is 2.45 bits per heavy atom. The number of hydrogen-bond acceptors (Lipinski definition) is 3. The standard InChI is InChI=1S/C15H10F3N3O/c16-15(17,18)11-4-2-1-3-10(11)14(22)21-13-6-5-9(8-19)7-12(13)20/h1-7H,20H2,(H,21,22). The van der Waals surface area contributed by atoms with E-state index in [9.17, 15) is 18.0 Å². The number of carbonyl (C=O) groups excluding carboxylic acids is 1. The zero-order valence-electron chi connectivity index (χ0n) is 11.1. The molecule has 0 radical (unpaired) electrons. The number of hydrogen-bond donors (Lipinski definition) is 2. The highest BCUT2D eigenvalue weighted by molar-refractivity contribution is 6.06. The van der Waals surface area contributed by atoms with E-state index in [0.29, 0.717) is 0 Å². The molecule has 0 fully saturated rings. The Kier molecular flexibility index (Phi) is 4.04. The third kappa shape index (κ3) is 3.17. The average Bonchev–Trinajstić information content (AvgIpc) is 2.48. The van der Waals surface area contributed by atoms with Gasteiger partial charge in [0.1, 0.15) is 0 Å². The molecule has 0 aliphatic carbocycles. The first-order valence-corrected chi connectivity index (χ1v) is 6.10. The molecule has 0 saturated heterocycles. The summed E-state index contributed by atoms with van der Waals surface area (Å²) in [6, 6.07) is 10.4. The highest BCUT2D eigenvalue weighted by Gasteiger charge is 2.34. The first-order chi connectivity index (χ1) is 10.3. The number of nitrogens with two attached hydrogens (primary N) is 1. The van der Waals surface area contributed by atoms with E-state index in [0.717, 1.165) is 12.1 Å². The van der Waals surface area contributed by atoms with Crippen LogP contribution in [0, 0.1) is 11.3 Å². The van der Waals surface area contributed by atoms with E-state index < -0.39 is 23.2 Å². The molecule has 2 aromatic carbocycles. The van der Waals surface area contributed by atoms with Gasteiger partial charge in [-0.25, -0.2) is 0 Å². The monoisotopic (exact) mass is 305 g/mol. The minimum atomic E-state index is -4.63. The molecule has 7 heteroatoms. The quantitative estimate of drug-likeness (QED) is 0.834. The molecule has 0 atom stereocenters. The van der Waals surface area contributed by atoms with E-state index >= 15 is 0 Å². The van der Waals surface area contributed by atoms with E-state index in [-0.39, 0.29) is 16.9 Å². The van der Waals surface area contributed by atoms with Gasteiger partial charge in [-0.3, -0.25) is 4.79 Å². The molecule has 0 saturated carbocycles. The number of alkyl halides is 3. The maximum atomic E-state index is 12.9. The lowest BCUT2D eigenvalue weighted by Crippen LogP contribution is -2.19. The van der Waals surface area contributed by atoms with E-state index in [1.807, 2.05) is 6.07 Å². The van der Waals surface area contributed by atoms with Crippen molar-refractivity contribution in [1.29, 1.82) is 5.26 Å². The second kappa shape index (κ2) is 5.77. The van der Waals surface area contributed by atoms with Crippen LogP contribution >= 0.6 is 0 Å². The Labute approximate surface area is 124 Å². The van der Waals surface area contributed by atoms with Crippen LogP contribution in [0.25, 0.3) is 0 Å². The Morgan fingerprint density at radius 2 is 1.86 bits per heavy atom. The van der Waals surface area contributed by atoms with Crippen molar-refractivity contribution in [3.05, 3.63) is 59.2 Å². The molecule has 1 amide bonds. The van der Waals surface area contributed by atoms with Crippen molar-refractivity contribution in [1.82, 2.24) is 0 Å². The summed E-state index contributed by atoms with van der Waals surface area (Å²) in [7, 11) is 0. The molecule has 0 aromatic heterocycles. The predicted molar refractivity (Wildman–Crippen MR) is 75.0 cm³/mol. The summed E-state index contributed by atoms with van der Waals surface area (Å²) in [6.07, 6.45) is -4.63. The fourth-order valence-electron chi connectivity index (χ4n) is 1.86. The molecule has 0 unspecified atom stereocenters. The normalized spacial score (nSPS) is 10.8. The summed E-state index contributed by atoms with van der Waals surface area (Å²) in [5.41, 5.74) is 4.65. The molecule has 2 rings (SSSR count). The first kappa shape index (κ1) is 15.4. The Hall–Kier alpha value is -3.01. The van der Waals surface area contributed by atoms with Crippen LogP contribution in [0.1, 0.15) is 21.5 Å². The number of nitrogens with zero attached hydrogens (tertiary/aromatic N) is 1. The fourth-order valence-corrected chi connectivity index (χ4v) is 1.86. The minimum absolute atomic E-state index is 0.0943. The minimum Gasteiger partial charge on any atom is -0.397 e. The molecule has 0 heterocycles. The average molecular weight is 305 g/mol. The number of benzene rings is 2. The lowest BCUT2D eigenvalue weighted by atomic mass is 10.1. The van der Waals surface area contributed by atoms with Crippen LogP contribution in [0.4, 0.5) is 24.5 Å². The second-order valence-corrected chi connectivity index (χ2v) is 4.41. The van der Waals surface area contributed by atoms with Gasteiger partial charge < -0.3 is 11.1 Å². The molecule has 22 heavy (non-hydrogen) atoms. The summed E-state index contributed by atoms with van der Waals surface area (Å²) >= 11 is 0. The van der Waals surface area contributed by atoms with Gasteiger partial charge in [0.2, 0.25) is 0 Å². The van der Waals surface area contributed by atoms with Gasteiger partial charge in [0.15, 0.2) is 0 Å². The highest BCUT2D eigenvalue weighted by atomic mass is 19.4. The van der Waals surface area contributed by atoms with E-state index in [2.05, 4.69) is 5.32 Å². The van der Waals surface area contributed by atoms with Gasteiger partial charge in [0.05, 0.1) is 34.1 Å². The Bertz CT molecular complexity index is 763. The number of nitrogens with one attached hydrogen (secondary N) is 1. The smallest absolute Gasteiger partial charge is 0.397 e. The fraction of sp³-hybridized carbons (Fsp3) is 0.0667. The van der Waals surface area contributed by atoms with Gasteiger partial charge in [-0.2, -0.15) is 18.4 Å². The van der Waals surface area contributed by atoms with Gasteiger partial charge in [-0.05, 0) is 30.3 Å². The topological polar surface area (TPSA) is 78.9 Å². The number of anilines is 2. The Balaban J connectivity index is 2.33. The van der Waals surface area contributed by atoms with Crippen LogP contribution in [-0.4, -0.2) is 5.91 Å². The van der Waals surface area contributed by atoms with Gasteiger partial charge in [-0.1, -0.05) is 12.1 Å². The van der Waals surface area contributed by atoms with Crippen molar-refractivity contribution < 1.29 is 18.0 Å². The summed E-state index contributed by atoms with van der Waals surface area (Å²) in [4.78, 5) is 12.1. The number of amides is 1. The van der Waals surface area contributed by atoms with E-state index in [1.54, 1.807) is 0 Å². The molecule has 2 aromatic rings. The summed E-state index contributed by atoms with van der Waals surface area (Å²) < 4.78 is 38.7. The molecule has 0 aliphatic heterocycles. The van der Waals surface area contributed by atoms with E-state index in [4.69, 9.17) is 11.0 Å². The van der Waals surface area contributed by atoms with Crippen LogP contribution in [0.15, 0.2) is 42.5 Å². The van der Waals surface area contributed by atoms with Crippen LogP contribution < -0.4 is 11.1 Å². The number of nitriles is 1. The van der Waals surface area contributed by atoms with Crippen molar-refractivity contribution in [2.75, 3.05) is 11.1 Å². The van der Waals surface area contributed by atoms with Crippen molar-refractivity contribution >= 4 is 17.3 Å². The zero-order valence-corrected chi connectivity index (χ0v) is 11.1. The molecule has 0 spiro atoms. The van der Waals surface area contributed by atoms with Crippen molar-refractivity contribution in [2.24, 2.45) is 0 Å². The Morgan fingerprint density at radius 1 is 1.18 bits per heavy atom. The maximum absolute atomic E-state index is 12.9. The maximum Gasteiger partial charge on any atom is 0.417 e. The summed E-state index contributed by atoms with van der Waals surface area (Å²) in [5, 5.41) is 11.0. The zero-order chi connectivity index (χ0) is 16.3. The van der Waals surface area contributed by atoms with Gasteiger partial charge >= 0.3 is 6.18 Å². The third-order valence-corrected chi connectivity index (χ3v) is 2.91. The molecular weight excluding hydrogens is 295 g/mol. The first-order valence-electron chi connectivity index (χ1n) is 6.10. The highest BCUT2D eigenvalue weighted by Crippen LogP contribution is 2.32. The van der Waals surface area contributed by atoms with Crippen LogP contribution in [0.3, 0.4) is 0 Å². The van der Waals surface area contributed by atoms with Crippen LogP contribution in [0.2, 0.25) is 0 Å². The predicted octanol–water partition coefficient (Wildman–Crippen LogP) is 3.41. The molecule has 3 N–H and O–H groups in total. The SMILES string of the molecule is N#Cc1ccc(NC(=O)c2ccccc2C(F)(F)F)c(N)c1. The summed E-state index contributed by atoms with van der Waals surface area (Å²) in [5.74, 6) is -0.927. The van der Waals surface area contributed by atoms with Crippen molar-refractivity contribution in [2.45, 2.75) is 6.18 Å². The number of carbonyl (C=O) groups is 1. The van der Waals surface area contributed by atoms with Gasteiger partial charge in [-0.15, -0.1) is 0 Å². The number of rotatable bonds is 2. The summed E-state index contributed by atoms with van der Waals surface area (Å²) in [6.45, 7) is 0. The molecule has 0 bridgehead atoms.